The fourth-order valence-corrected chi connectivity index (χ4v) is 1.47. The molecule has 0 spiro atoms. The predicted octanol–water partition coefficient (Wildman–Crippen LogP) is 2.24. The van der Waals surface area contributed by atoms with Crippen LogP contribution in [0.15, 0.2) is 30.5 Å². The molecule has 17 heavy (non-hydrogen) atoms. The summed E-state index contributed by atoms with van der Waals surface area (Å²) in [6.07, 6.45) is 2.40. The van der Waals surface area contributed by atoms with Crippen LogP contribution >= 0.6 is 0 Å². The van der Waals surface area contributed by atoms with Gasteiger partial charge in [0.05, 0.1) is 17.2 Å². The third kappa shape index (κ3) is 2.85. The third-order valence-electron chi connectivity index (χ3n) is 2.32. The van der Waals surface area contributed by atoms with Crippen molar-refractivity contribution in [2.24, 2.45) is 0 Å². The van der Waals surface area contributed by atoms with Crippen molar-refractivity contribution in [1.29, 1.82) is 0 Å². The number of carbonyl (C=O) groups excluding carboxylic acids is 1. The number of fused-ring (bicyclic) bond motifs is 1. The van der Waals surface area contributed by atoms with Crippen molar-refractivity contribution in [3.8, 4) is 0 Å². The highest BCUT2D eigenvalue weighted by atomic mass is 16.5. The molecule has 88 valence electrons. The van der Waals surface area contributed by atoms with Crippen LogP contribution in [-0.2, 0) is 4.74 Å². The second kappa shape index (κ2) is 5.50. The van der Waals surface area contributed by atoms with Crippen LogP contribution in [0.1, 0.15) is 23.8 Å². The van der Waals surface area contributed by atoms with Crippen LogP contribution in [0, 0.1) is 0 Å². The highest BCUT2D eigenvalue weighted by Crippen LogP contribution is 2.08. The average molecular weight is 230 g/mol. The number of ketones is 1. The van der Waals surface area contributed by atoms with E-state index in [1.807, 2.05) is 31.2 Å². The molecule has 4 heteroatoms. The molecule has 0 saturated heterocycles. The summed E-state index contributed by atoms with van der Waals surface area (Å²) in [6, 6.07) is 7.47. The minimum atomic E-state index is -0.128. The Morgan fingerprint density at radius 3 is 2.82 bits per heavy atom. The Morgan fingerprint density at radius 1 is 1.29 bits per heavy atom. The van der Waals surface area contributed by atoms with E-state index in [2.05, 4.69) is 9.97 Å². The van der Waals surface area contributed by atoms with E-state index in [0.29, 0.717) is 12.3 Å². The molecule has 0 atom stereocenters. The second-order valence-electron chi connectivity index (χ2n) is 3.72. The van der Waals surface area contributed by atoms with Crippen molar-refractivity contribution in [1.82, 2.24) is 9.97 Å². The van der Waals surface area contributed by atoms with E-state index in [-0.39, 0.29) is 12.4 Å². The molecular weight excluding hydrogens is 216 g/mol. The van der Waals surface area contributed by atoms with Gasteiger partial charge in [-0.3, -0.25) is 9.78 Å². The number of rotatable bonds is 5. The highest BCUT2D eigenvalue weighted by molar-refractivity contribution is 5.96. The van der Waals surface area contributed by atoms with Gasteiger partial charge in [-0.15, -0.1) is 0 Å². The Bertz CT molecular complexity index is 526. The smallest absolute Gasteiger partial charge is 0.208 e. The van der Waals surface area contributed by atoms with Crippen LogP contribution in [0.5, 0.6) is 0 Å². The normalized spacial score (nSPS) is 10.6. The first kappa shape index (κ1) is 11.7. The van der Waals surface area contributed by atoms with Gasteiger partial charge in [0.15, 0.2) is 0 Å². The van der Waals surface area contributed by atoms with Gasteiger partial charge in [0.25, 0.3) is 0 Å². The zero-order valence-corrected chi connectivity index (χ0v) is 9.72. The van der Waals surface area contributed by atoms with Gasteiger partial charge in [-0.25, -0.2) is 4.98 Å². The number of Topliss-reactive ketones (excluding diaryl/α,β-unsaturated/α-hetero) is 1. The molecule has 0 radical (unpaired) electrons. The number of carbonyl (C=O) groups is 1. The van der Waals surface area contributed by atoms with Crippen LogP contribution < -0.4 is 0 Å². The van der Waals surface area contributed by atoms with Crippen molar-refractivity contribution >= 4 is 16.8 Å². The van der Waals surface area contributed by atoms with Crippen molar-refractivity contribution < 1.29 is 9.53 Å². The third-order valence-corrected chi connectivity index (χ3v) is 2.32. The van der Waals surface area contributed by atoms with Crippen LogP contribution in [0.25, 0.3) is 11.0 Å². The Hall–Kier alpha value is -1.81. The number of para-hydroxylation sites is 2. The van der Waals surface area contributed by atoms with Crippen LogP contribution in [0.2, 0.25) is 0 Å². The summed E-state index contributed by atoms with van der Waals surface area (Å²) >= 11 is 0. The molecule has 0 bridgehead atoms. The lowest BCUT2D eigenvalue weighted by atomic mass is 10.2. The Kier molecular flexibility index (Phi) is 3.77. The molecule has 2 aromatic rings. The maximum atomic E-state index is 11.7. The summed E-state index contributed by atoms with van der Waals surface area (Å²) in [6.45, 7) is 2.66. The van der Waals surface area contributed by atoms with Gasteiger partial charge in [0, 0.05) is 6.61 Å². The number of benzene rings is 1. The summed E-state index contributed by atoms with van der Waals surface area (Å²) in [5, 5.41) is 0. The largest absolute Gasteiger partial charge is 0.373 e. The molecule has 0 aliphatic rings. The van der Waals surface area contributed by atoms with Gasteiger partial charge < -0.3 is 4.74 Å². The first-order chi connectivity index (χ1) is 8.31. The molecule has 0 unspecified atom stereocenters. The molecule has 0 amide bonds. The van der Waals surface area contributed by atoms with E-state index in [4.69, 9.17) is 4.74 Å². The van der Waals surface area contributed by atoms with E-state index < -0.39 is 0 Å². The Balaban J connectivity index is 2.15. The summed E-state index contributed by atoms with van der Waals surface area (Å²) in [5.74, 6) is -0.128. The highest BCUT2D eigenvalue weighted by Gasteiger charge is 2.08. The quantitative estimate of drug-likeness (QED) is 0.584. The van der Waals surface area contributed by atoms with Crippen molar-refractivity contribution in [2.75, 3.05) is 13.2 Å². The van der Waals surface area contributed by atoms with Crippen molar-refractivity contribution in [2.45, 2.75) is 13.3 Å². The topological polar surface area (TPSA) is 52.1 Å². The number of aromatic nitrogens is 2. The lowest BCUT2D eigenvalue weighted by Gasteiger charge is -2.02. The number of hydrogen-bond acceptors (Lipinski definition) is 4. The minimum Gasteiger partial charge on any atom is -0.373 e. The van der Waals surface area contributed by atoms with E-state index >= 15 is 0 Å². The molecule has 0 aliphatic heterocycles. The molecule has 1 aromatic carbocycles. The zero-order valence-electron chi connectivity index (χ0n) is 9.72. The van der Waals surface area contributed by atoms with Crippen LogP contribution in [0.3, 0.4) is 0 Å². The molecule has 0 aliphatic carbocycles. The van der Waals surface area contributed by atoms with Gasteiger partial charge in [0.2, 0.25) is 5.78 Å². The first-order valence-electron chi connectivity index (χ1n) is 5.64. The van der Waals surface area contributed by atoms with Gasteiger partial charge in [-0.2, -0.15) is 0 Å². The molecular formula is C13H14N2O2. The van der Waals surface area contributed by atoms with E-state index in [9.17, 15) is 4.79 Å². The number of ether oxygens (including phenoxy) is 1. The minimum absolute atomic E-state index is 0.0703. The maximum absolute atomic E-state index is 11.7. The molecule has 1 heterocycles. The summed E-state index contributed by atoms with van der Waals surface area (Å²) in [7, 11) is 0. The van der Waals surface area contributed by atoms with Gasteiger partial charge in [0.1, 0.15) is 12.3 Å². The molecule has 0 saturated carbocycles. The molecule has 2 rings (SSSR count). The molecule has 0 fully saturated rings. The standard InChI is InChI=1S/C13H14N2O2/c1-2-7-17-9-13(16)12-8-14-10-5-3-4-6-11(10)15-12/h3-6,8H,2,7,9H2,1H3. The fraction of sp³-hybridized carbons (Fsp3) is 0.308. The average Bonchev–Trinajstić information content (AvgIpc) is 2.38. The van der Waals surface area contributed by atoms with E-state index in [1.54, 1.807) is 0 Å². The second-order valence-corrected chi connectivity index (χ2v) is 3.72. The molecule has 0 N–H and O–H groups in total. The van der Waals surface area contributed by atoms with Crippen molar-refractivity contribution in [3.63, 3.8) is 0 Å². The maximum Gasteiger partial charge on any atom is 0.208 e. The lowest BCUT2D eigenvalue weighted by molar-refractivity contribution is 0.0756. The SMILES string of the molecule is CCCOCC(=O)c1cnc2ccccc2n1. The number of hydrogen-bond donors (Lipinski definition) is 0. The first-order valence-corrected chi connectivity index (χ1v) is 5.64. The Morgan fingerprint density at radius 2 is 2.06 bits per heavy atom. The summed E-state index contributed by atoms with van der Waals surface area (Å²) < 4.78 is 5.19. The predicted molar refractivity (Wildman–Crippen MR) is 65.0 cm³/mol. The fourth-order valence-electron chi connectivity index (χ4n) is 1.47. The van der Waals surface area contributed by atoms with Crippen molar-refractivity contribution in [3.05, 3.63) is 36.2 Å². The van der Waals surface area contributed by atoms with E-state index in [1.165, 1.54) is 6.20 Å². The van der Waals surface area contributed by atoms with Gasteiger partial charge >= 0.3 is 0 Å². The van der Waals surface area contributed by atoms with Gasteiger partial charge in [-0.05, 0) is 18.6 Å². The molecule has 4 nitrogen and oxygen atoms in total. The zero-order chi connectivity index (χ0) is 12.1. The van der Waals surface area contributed by atoms with Crippen LogP contribution in [-0.4, -0.2) is 29.0 Å². The van der Waals surface area contributed by atoms with E-state index in [0.717, 1.165) is 17.5 Å². The molecule has 1 aromatic heterocycles. The summed E-state index contributed by atoms with van der Waals surface area (Å²) in [4.78, 5) is 20.2. The van der Waals surface area contributed by atoms with Gasteiger partial charge in [-0.1, -0.05) is 19.1 Å². The lowest BCUT2D eigenvalue weighted by Crippen LogP contribution is -2.11. The van der Waals surface area contributed by atoms with Crippen LogP contribution in [0.4, 0.5) is 0 Å². The summed E-state index contributed by atoms with van der Waals surface area (Å²) in [5.41, 5.74) is 1.88. The number of nitrogens with zero attached hydrogens (tertiary/aromatic N) is 2. The monoisotopic (exact) mass is 230 g/mol. The Labute approximate surface area is 99.7 Å².